The summed E-state index contributed by atoms with van der Waals surface area (Å²) in [6.45, 7) is 6.19. The first-order valence-corrected chi connectivity index (χ1v) is 7.60. The Balaban J connectivity index is 1.92. The van der Waals surface area contributed by atoms with Crippen LogP contribution in [0.25, 0.3) is 5.69 Å². The van der Waals surface area contributed by atoms with Gasteiger partial charge in [0.15, 0.2) is 0 Å². The van der Waals surface area contributed by atoms with Crippen LogP contribution in [0.3, 0.4) is 0 Å². The monoisotopic (exact) mass is 317 g/mol. The second-order valence-corrected chi connectivity index (χ2v) is 6.81. The molecule has 0 spiro atoms. The Morgan fingerprint density at radius 3 is 2.52 bits per heavy atom. The number of hydrogen-bond acceptors (Lipinski definition) is 5. The molecule has 7 nitrogen and oxygen atoms in total. The second kappa shape index (κ2) is 7.32. The van der Waals surface area contributed by atoms with Crippen molar-refractivity contribution in [2.45, 2.75) is 39.7 Å². The molecule has 0 aliphatic rings. The number of aliphatic hydroxyl groups is 1. The van der Waals surface area contributed by atoms with Gasteiger partial charge in [0.05, 0.1) is 24.8 Å². The average Bonchev–Trinajstić information content (AvgIpc) is 3.00. The maximum Gasteiger partial charge on any atom is 0.224 e. The molecule has 2 N–H and O–H groups in total. The molecule has 0 radical (unpaired) electrons. The van der Waals surface area contributed by atoms with Crippen molar-refractivity contribution < 1.29 is 9.90 Å². The molecule has 2 aromatic rings. The largest absolute Gasteiger partial charge is 0.394 e. The zero-order valence-electron chi connectivity index (χ0n) is 13.7. The molecular formula is C16H23N5O2. The maximum atomic E-state index is 12.1. The molecule has 7 heteroatoms. The highest BCUT2D eigenvalue weighted by Crippen LogP contribution is 2.20. The van der Waals surface area contributed by atoms with Crippen LogP contribution < -0.4 is 5.32 Å². The summed E-state index contributed by atoms with van der Waals surface area (Å²) in [5, 5.41) is 23.3. The minimum Gasteiger partial charge on any atom is -0.394 e. The molecule has 0 bridgehead atoms. The van der Waals surface area contributed by atoms with Crippen LogP contribution in [-0.2, 0) is 11.2 Å². The summed E-state index contributed by atoms with van der Waals surface area (Å²) >= 11 is 0. The first-order chi connectivity index (χ1) is 10.9. The highest BCUT2D eigenvalue weighted by atomic mass is 16.3. The van der Waals surface area contributed by atoms with Gasteiger partial charge in [-0.1, -0.05) is 32.9 Å². The van der Waals surface area contributed by atoms with Crippen LogP contribution in [0.4, 0.5) is 0 Å². The van der Waals surface area contributed by atoms with Gasteiger partial charge < -0.3 is 10.4 Å². The van der Waals surface area contributed by atoms with Gasteiger partial charge in [-0.05, 0) is 40.0 Å². The van der Waals surface area contributed by atoms with Gasteiger partial charge in [0.25, 0.3) is 0 Å². The molecule has 1 aromatic heterocycles. The Morgan fingerprint density at radius 2 is 2.00 bits per heavy atom. The molecule has 23 heavy (non-hydrogen) atoms. The number of hydrogen-bond donors (Lipinski definition) is 2. The molecule has 0 saturated carbocycles. The summed E-state index contributed by atoms with van der Waals surface area (Å²) in [5.41, 5.74) is 1.78. The van der Waals surface area contributed by atoms with Crippen molar-refractivity contribution >= 4 is 5.91 Å². The predicted octanol–water partition coefficient (Wildman–Crippen LogP) is 1.12. The van der Waals surface area contributed by atoms with E-state index in [1.807, 2.05) is 24.3 Å². The smallest absolute Gasteiger partial charge is 0.224 e. The summed E-state index contributed by atoms with van der Waals surface area (Å²) in [4.78, 5) is 12.1. The molecular weight excluding hydrogens is 294 g/mol. The van der Waals surface area contributed by atoms with Crippen LogP contribution in [0.2, 0.25) is 0 Å². The summed E-state index contributed by atoms with van der Waals surface area (Å²) in [5.74, 6) is -0.0940. The van der Waals surface area contributed by atoms with Gasteiger partial charge in [0, 0.05) is 0 Å². The lowest BCUT2D eigenvalue weighted by Gasteiger charge is -2.25. The van der Waals surface area contributed by atoms with Crippen LogP contribution in [0.5, 0.6) is 0 Å². The Labute approximate surface area is 135 Å². The van der Waals surface area contributed by atoms with Crippen molar-refractivity contribution in [2.75, 3.05) is 6.61 Å². The van der Waals surface area contributed by atoms with E-state index in [4.69, 9.17) is 0 Å². The summed E-state index contributed by atoms with van der Waals surface area (Å²) < 4.78 is 1.55. The molecule has 1 heterocycles. The standard InChI is InChI=1S/C16H23N5O2/c1-16(2,3)9-13(10-22)18-15(23)8-12-4-6-14(7-5-12)21-11-17-19-20-21/h4-7,11,13,22H,8-10H2,1-3H3,(H,18,23). The van der Waals surface area contributed by atoms with Crippen molar-refractivity contribution in [1.82, 2.24) is 25.5 Å². The normalized spacial score (nSPS) is 12.9. The molecule has 1 unspecified atom stereocenters. The van der Waals surface area contributed by atoms with E-state index in [1.165, 1.54) is 6.33 Å². The lowest BCUT2D eigenvalue weighted by atomic mass is 9.88. The van der Waals surface area contributed by atoms with Crippen LogP contribution in [0.15, 0.2) is 30.6 Å². The topological polar surface area (TPSA) is 92.9 Å². The fourth-order valence-corrected chi connectivity index (χ4v) is 2.41. The minimum atomic E-state index is -0.219. The van der Waals surface area contributed by atoms with E-state index in [1.54, 1.807) is 4.68 Å². The molecule has 124 valence electrons. The summed E-state index contributed by atoms with van der Waals surface area (Å²) in [7, 11) is 0. The van der Waals surface area contributed by atoms with Crippen molar-refractivity contribution in [2.24, 2.45) is 5.41 Å². The van der Waals surface area contributed by atoms with E-state index in [0.717, 1.165) is 17.7 Å². The van der Waals surface area contributed by atoms with Gasteiger partial charge in [-0.2, -0.15) is 0 Å². The van der Waals surface area contributed by atoms with Crippen molar-refractivity contribution in [3.63, 3.8) is 0 Å². The maximum absolute atomic E-state index is 12.1. The van der Waals surface area contributed by atoms with E-state index in [0.29, 0.717) is 0 Å². The molecule has 0 aliphatic carbocycles. The average molecular weight is 317 g/mol. The fourth-order valence-electron chi connectivity index (χ4n) is 2.41. The van der Waals surface area contributed by atoms with Gasteiger partial charge in [0.1, 0.15) is 6.33 Å². The zero-order chi connectivity index (χ0) is 16.9. The third kappa shape index (κ3) is 5.45. The Morgan fingerprint density at radius 1 is 1.30 bits per heavy atom. The van der Waals surface area contributed by atoms with E-state index in [-0.39, 0.29) is 30.4 Å². The lowest BCUT2D eigenvalue weighted by molar-refractivity contribution is -0.121. The fraction of sp³-hybridized carbons (Fsp3) is 0.500. The van der Waals surface area contributed by atoms with E-state index < -0.39 is 0 Å². The third-order valence-corrected chi connectivity index (χ3v) is 3.36. The quantitative estimate of drug-likeness (QED) is 0.833. The van der Waals surface area contributed by atoms with Crippen LogP contribution in [-0.4, -0.2) is 43.9 Å². The highest BCUT2D eigenvalue weighted by molar-refractivity contribution is 5.78. The number of benzene rings is 1. The number of carbonyl (C=O) groups excluding carboxylic acids is 1. The number of rotatable bonds is 6. The predicted molar refractivity (Wildman–Crippen MR) is 85.9 cm³/mol. The van der Waals surface area contributed by atoms with Crippen LogP contribution in [0, 0.1) is 5.41 Å². The van der Waals surface area contributed by atoms with Gasteiger partial charge in [-0.25, -0.2) is 4.68 Å². The molecule has 1 aromatic carbocycles. The molecule has 1 atom stereocenters. The third-order valence-electron chi connectivity index (χ3n) is 3.36. The zero-order valence-corrected chi connectivity index (χ0v) is 13.7. The second-order valence-electron chi connectivity index (χ2n) is 6.81. The van der Waals surface area contributed by atoms with Crippen molar-refractivity contribution in [3.05, 3.63) is 36.2 Å². The van der Waals surface area contributed by atoms with Gasteiger partial charge in [0.2, 0.25) is 5.91 Å². The van der Waals surface area contributed by atoms with Crippen LogP contribution in [0.1, 0.15) is 32.8 Å². The SMILES string of the molecule is CC(C)(C)CC(CO)NC(=O)Cc1ccc(-n2cnnn2)cc1. The number of nitrogens with zero attached hydrogens (tertiary/aromatic N) is 4. The summed E-state index contributed by atoms with van der Waals surface area (Å²) in [6.07, 6.45) is 2.52. The lowest BCUT2D eigenvalue weighted by Crippen LogP contribution is -2.40. The Kier molecular flexibility index (Phi) is 5.44. The van der Waals surface area contributed by atoms with Crippen LogP contribution >= 0.6 is 0 Å². The number of amides is 1. The van der Waals surface area contributed by atoms with Gasteiger partial charge in [-0.15, -0.1) is 5.10 Å². The number of aliphatic hydroxyl groups excluding tert-OH is 1. The molecule has 0 fully saturated rings. The van der Waals surface area contributed by atoms with E-state index in [2.05, 4.69) is 41.6 Å². The Bertz CT molecular complexity index is 617. The van der Waals surface area contributed by atoms with E-state index in [9.17, 15) is 9.90 Å². The summed E-state index contributed by atoms with van der Waals surface area (Å²) in [6, 6.07) is 7.24. The van der Waals surface area contributed by atoms with Crippen molar-refractivity contribution in [3.8, 4) is 5.69 Å². The Hall–Kier alpha value is -2.28. The molecule has 1 amide bonds. The molecule has 0 aliphatic heterocycles. The van der Waals surface area contributed by atoms with Gasteiger partial charge in [-0.3, -0.25) is 4.79 Å². The number of aromatic nitrogens is 4. The number of nitrogens with one attached hydrogen (secondary N) is 1. The first kappa shape index (κ1) is 17.1. The molecule has 2 rings (SSSR count). The number of tetrazole rings is 1. The number of carbonyl (C=O) groups is 1. The minimum absolute atomic E-state index is 0.0498. The van der Waals surface area contributed by atoms with E-state index >= 15 is 0 Å². The first-order valence-electron chi connectivity index (χ1n) is 7.60. The molecule has 0 saturated heterocycles. The van der Waals surface area contributed by atoms with Gasteiger partial charge >= 0.3 is 0 Å². The van der Waals surface area contributed by atoms with Crippen molar-refractivity contribution in [1.29, 1.82) is 0 Å². The highest BCUT2D eigenvalue weighted by Gasteiger charge is 2.19.